The molecule has 0 amide bonds. The second kappa shape index (κ2) is 14.7. The van der Waals surface area contributed by atoms with Gasteiger partial charge in [-0.05, 0) is 82.2 Å². The zero-order valence-electron chi connectivity index (χ0n) is 31.5. The molecule has 0 saturated heterocycles. The zero-order valence-corrected chi connectivity index (χ0v) is 31.5. The molecule has 0 N–H and O–H groups in total. The van der Waals surface area contributed by atoms with E-state index in [9.17, 15) is 0 Å². The molecule has 0 aromatic heterocycles. The van der Waals surface area contributed by atoms with Crippen LogP contribution in [0.2, 0.25) is 0 Å². The van der Waals surface area contributed by atoms with E-state index in [1.165, 1.54) is 36.4 Å². The lowest BCUT2D eigenvalue weighted by molar-refractivity contribution is 0.583. The van der Waals surface area contributed by atoms with Crippen LogP contribution in [0.3, 0.4) is 0 Å². The van der Waals surface area contributed by atoms with Crippen molar-refractivity contribution in [1.82, 2.24) is 0 Å². The molecule has 0 spiro atoms. The van der Waals surface area contributed by atoms with Crippen LogP contribution in [0.25, 0.3) is 54.6 Å². The molecule has 10 aromatic rings. The average molecular weight is 797 g/mol. The van der Waals surface area contributed by atoms with Gasteiger partial charge in [-0.2, -0.15) is 0 Å². The molecule has 0 fully saturated rings. The van der Waals surface area contributed by atoms with Crippen molar-refractivity contribution in [2.45, 2.75) is 0 Å². The maximum absolute atomic E-state index is 16.6. The van der Waals surface area contributed by atoms with Crippen LogP contribution in [-0.4, -0.2) is 0 Å². The van der Waals surface area contributed by atoms with Crippen LogP contribution < -0.4 is 9.80 Å². The van der Waals surface area contributed by atoms with Gasteiger partial charge in [0.15, 0.2) is 11.6 Å². The van der Waals surface area contributed by atoms with Crippen molar-refractivity contribution in [3.05, 3.63) is 217 Å². The molecule has 0 aliphatic heterocycles. The van der Waals surface area contributed by atoms with E-state index in [1.54, 1.807) is 70.5 Å². The first-order valence-corrected chi connectivity index (χ1v) is 19.2. The number of para-hydroxylation sites is 2. The Balaban J connectivity index is 1.27. The van der Waals surface area contributed by atoms with E-state index in [-0.39, 0.29) is 33.6 Å². The van der Waals surface area contributed by atoms with Crippen LogP contribution in [0.4, 0.5) is 60.5 Å². The average Bonchev–Trinajstić information content (AvgIpc) is 3.26. The van der Waals surface area contributed by atoms with Crippen molar-refractivity contribution in [3.8, 4) is 22.3 Å². The third-order valence-corrected chi connectivity index (χ3v) is 11.0. The first-order chi connectivity index (χ1) is 29.3. The van der Waals surface area contributed by atoms with Gasteiger partial charge in [0, 0.05) is 56.5 Å². The van der Waals surface area contributed by atoms with Gasteiger partial charge in [0.05, 0.1) is 22.7 Å². The lowest BCUT2D eigenvalue weighted by atomic mass is 9.91. The fourth-order valence-corrected chi connectivity index (χ4v) is 8.45. The van der Waals surface area contributed by atoms with E-state index in [4.69, 9.17) is 0 Å². The predicted molar refractivity (Wildman–Crippen MR) is 230 cm³/mol. The van der Waals surface area contributed by atoms with Crippen molar-refractivity contribution in [3.63, 3.8) is 0 Å². The minimum Gasteiger partial charge on any atom is -0.307 e. The maximum Gasteiger partial charge on any atom is 0.150 e. The Labute approximate surface area is 340 Å². The highest BCUT2D eigenvalue weighted by Crippen LogP contribution is 2.51. The number of hydrogen-bond acceptors (Lipinski definition) is 2. The van der Waals surface area contributed by atoms with Crippen molar-refractivity contribution >= 4 is 66.4 Å². The van der Waals surface area contributed by atoms with Gasteiger partial charge in [0.25, 0.3) is 0 Å². The molecule has 8 heteroatoms. The topological polar surface area (TPSA) is 6.48 Å². The summed E-state index contributed by atoms with van der Waals surface area (Å²) in [6, 6.07) is 48.9. The van der Waals surface area contributed by atoms with E-state index in [1.807, 2.05) is 60.7 Å². The van der Waals surface area contributed by atoms with Gasteiger partial charge in [-0.3, -0.25) is 0 Å². The molecule has 290 valence electrons. The van der Waals surface area contributed by atoms with Crippen LogP contribution in [0.5, 0.6) is 0 Å². The molecule has 10 rings (SSSR count). The number of anilines is 6. The summed E-state index contributed by atoms with van der Waals surface area (Å²) in [6.45, 7) is 0. The molecular formula is C52H30F6N2. The van der Waals surface area contributed by atoms with E-state index < -0.39 is 34.9 Å². The summed E-state index contributed by atoms with van der Waals surface area (Å²) in [6.07, 6.45) is 0. The van der Waals surface area contributed by atoms with Gasteiger partial charge in [0.2, 0.25) is 0 Å². The third kappa shape index (κ3) is 6.07. The number of rotatable bonds is 8. The molecule has 2 nitrogen and oxygen atoms in total. The van der Waals surface area contributed by atoms with Crippen molar-refractivity contribution < 1.29 is 26.3 Å². The highest BCUT2D eigenvalue weighted by atomic mass is 19.2. The van der Waals surface area contributed by atoms with Crippen LogP contribution in [-0.2, 0) is 0 Å². The van der Waals surface area contributed by atoms with Gasteiger partial charge in [0.1, 0.15) is 23.3 Å². The molecule has 60 heavy (non-hydrogen) atoms. The quantitative estimate of drug-likeness (QED) is 0.112. The van der Waals surface area contributed by atoms with E-state index in [0.717, 1.165) is 45.8 Å². The van der Waals surface area contributed by atoms with Gasteiger partial charge in [-0.25, -0.2) is 26.3 Å². The van der Waals surface area contributed by atoms with Gasteiger partial charge >= 0.3 is 0 Å². The SMILES string of the molecule is Fc1cc(F)c(N(c2ccccc2)c2ccc3ccc4c(N(c5ccccc5)c5c(F)cc(F)cc5-c5ccccc5F)ccc5ccc2c3c54)c(-c2ccccc2F)c1. The molecule has 0 atom stereocenters. The van der Waals surface area contributed by atoms with Gasteiger partial charge in [-0.15, -0.1) is 0 Å². The Morgan fingerprint density at radius 2 is 0.667 bits per heavy atom. The number of halogens is 6. The zero-order chi connectivity index (χ0) is 41.1. The molecule has 0 aliphatic carbocycles. The molecule has 0 aliphatic rings. The van der Waals surface area contributed by atoms with Crippen molar-refractivity contribution in [2.75, 3.05) is 9.80 Å². The summed E-state index contributed by atoms with van der Waals surface area (Å²) < 4.78 is 94.4. The lowest BCUT2D eigenvalue weighted by Gasteiger charge is -2.31. The first kappa shape index (κ1) is 36.7. The number of nitrogens with zero attached hydrogens (tertiary/aromatic N) is 2. The molecule has 0 saturated carbocycles. The Hall–Kier alpha value is -7.58. The van der Waals surface area contributed by atoms with E-state index in [0.29, 0.717) is 33.5 Å². The Morgan fingerprint density at radius 1 is 0.300 bits per heavy atom. The molecule has 0 unspecified atom stereocenters. The second-order valence-corrected chi connectivity index (χ2v) is 14.5. The predicted octanol–water partition coefficient (Wildman–Crippen LogP) is 15.7. The van der Waals surface area contributed by atoms with Crippen LogP contribution in [0.15, 0.2) is 182 Å². The summed E-state index contributed by atoms with van der Waals surface area (Å²) >= 11 is 0. The molecule has 0 bridgehead atoms. The number of benzene rings is 10. The fraction of sp³-hybridized carbons (Fsp3) is 0. The Morgan fingerprint density at radius 3 is 1.07 bits per heavy atom. The highest BCUT2D eigenvalue weighted by molar-refractivity contribution is 6.28. The molecular weight excluding hydrogens is 767 g/mol. The molecule has 0 heterocycles. The summed E-state index contributed by atoms with van der Waals surface area (Å²) in [5.41, 5.74) is 2.14. The van der Waals surface area contributed by atoms with Crippen molar-refractivity contribution in [1.29, 1.82) is 0 Å². The smallest absolute Gasteiger partial charge is 0.150 e. The maximum atomic E-state index is 16.6. The van der Waals surface area contributed by atoms with Crippen molar-refractivity contribution in [2.24, 2.45) is 0 Å². The molecule has 0 radical (unpaired) electrons. The molecule has 10 aromatic carbocycles. The first-order valence-electron chi connectivity index (χ1n) is 19.2. The van der Waals surface area contributed by atoms with Crippen LogP contribution >= 0.6 is 0 Å². The largest absolute Gasteiger partial charge is 0.307 e. The summed E-state index contributed by atoms with van der Waals surface area (Å²) in [4.78, 5) is 3.35. The standard InChI is InChI=1S/C52H30F6N2/c53-33-27-41(37-15-7-9-17-43(37)55)51(45(57)29-33)59(35-11-3-1-4-12-35)47-25-21-31-20-24-40-48(26-22-32-19-23-39(47)49(31)50(32)40)60(36-13-5-2-6-14-36)52-42(28-34(54)30-46(52)58)38-16-8-10-18-44(38)56/h1-30H. The number of hydrogen-bond donors (Lipinski definition) is 0. The summed E-state index contributed by atoms with van der Waals surface area (Å²) in [5.74, 6) is -4.78. The Bertz CT molecular complexity index is 3020. The Kier molecular flexibility index (Phi) is 8.98. The third-order valence-electron chi connectivity index (χ3n) is 11.0. The van der Waals surface area contributed by atoms with E-state index in [2.05, 4.69) is 0 Å². The normalized spacial score (nSPS) is 11.5. The second-order valence-electron chi connectivity index (χ2n) is 14.5. The van der Waals surface area contributed by atoms with E-state index >= 15 is 26.3 Å². The monoisotopic (exact) mass is 796 g/mol. The van der Waals surface area contributed by atoms with Crippen LogP contribution in [0.1, 0.15) is 0 Å². The van der Waals surface area contributed by atoms with Gasteiger partial charge < -0.3 is 9.80 Å². The van der Waals surface area contributed by atoms with Crippen LogP contribution in [0, 0.1) is 34.9 Å². The summed E-state index contributed by atoms with van der Waals surface area (Å²) in [5, 5.41) is 4.67. The minimum absolute atomic E-state index is 0.0212. The summed E-state index contributed by atoms with van der Waals surface area (Å²) in [7, 11) is 0. The lowest BCUT2D eigenvalue weighted by Crippen LogP contribution is -2.15. The highest BCUT2D eigenvalue weighted by Gasteiger charge is 2.28. The fourth-order valence-electron chi connectivity index (χ4n) is 8.45. The minimum atomic E-state index is -0.893. The van der Waals surface area contributed by atoms with Gasteiger partial charge in [-0.1, -0.05) is 109 Å².